The SMILES string of the molecule is Cc1cc(-c2nnc(SCc3cccc(C(F)(F)F)c3)n2C(C)C)cs1. The van der Waals surface area contributed by atoms with E-state index in [2.05, 4.69) is 16.3 Å². The van der Waals surface area contributed by atoms with Crippen LogP contribution < -0.4 is 0 Å². The molecule has 0 saturated heterocycles. The Hall–Kier alpha value is -1.80. The van der Waals surface area contributed by atoms with E-state index in [9.17, 15) is 13.2 Å². The van der Waals surface area contributed by atoms with E-state index in [1.54, 1.807) is 17.4 Å². The summed E-state index contributed by atoms with van der Waals surface area (Å²) in [4.78, 5) is 1.19. The average Bonchev–Trinajstić information content (AvgIpc) is 3.18. The van der Waals surface area contributed by atoms with Crippen LogP contribution >= 0.6 is 23.1 Å². The van der Waals surface area contributed by atoms with Crippen molar-refractivity contribution in [3.63, 3.8) is 0 Å². The fraction of sp³-hybridized carbons (Fsp3) is 0.333. The van der Waals surface area contributed by atoms with E-state index in [0.717, 1.165) is 17.5 Å². The first-order chi connectivity index (χ1) is 12.3. The van der Waals surface area contributed by atoms with Gasteiger partial charge in [-0.2, -0.15) is 13.2 Å². The second kappa shape index (κ2) is 7.44. The lowest BCUT2D eigenvalue weighted by atomic mass is 10.1. The topological polar surface area (TPSA) is 30.7 Å². The minimum absolute atomic E-state index is 0.143. The van der Waals surface area contributed by atoms with Crippen LogP contribution in [-0.2, 0) is 11.9 Å². The lowest BCUT2D eigenvalue weighted by molar-refractivity contribution is -0.137. The second-order valence-corrected chi connectivity index (χ2v) is 8.26. The van der Waals surface area contributed by atoms with Crippen LogP contribution in [0.25, 0.3) is 11.4 Å². The zero-order chi connectivity index (χ0) is 18.9. The summed E-state index contributed by atoms with van der Waals surface area (Å²) in [6, 6.07) is 7.61. The molecule has 3 rings (SSSR count). The Morgan fingerprint density at radius 2 is 1.96 bits per heavy atom. The van der Waals surface area contributed by atoms with Gasteiger partial charge in [-0.05, 0) is 38.5 Å². The molecule has 0 saturated carbocycles. The number of thioether (sulfide) groups is 1. The standard InChI is InChI=1S/C18H18F3N3S2/c1-11(2)24-16(14-7-12(3)25-10-14)22-23-17(24)26-9-13-5-4-6-15(8-13)18(19,20)21/h4-8,10-11H,9H2,1-3H3. The third-order valence-corrected chi connectivity index (χ3v) is 5.67. The van der Waals surface area contributed by atoms with Gasteiger partial charge in [0.15, 0.2) is 11.0 Å². The zero-order valence-corrected chi connectivity index (χ0v) is 16.2. The van der Waals surface area contributed by atoms with Crippen molar-refractivity contribution in [1.82, 2.24) is 14.8 Å². The van der Waals surface area contributed by atoms with Gasteiger partial charge in [-0.1, -0.05) is 30.0 Å². The van der Waals surface area contributed by atoms with Gasteiger partial charge in [-0.15, -0.1) is 21.5 Å². The maximum Gasteiger partial charge on any atom is 0.416 e. The Morgan fingerprint density at radius 1 is 1.19 bits per heavy atom. The summed E-state index contributed by atoms with van der Waals surface area (Å²) in [5.41, 5.74) is 0.992. The summed E-state index contributed by atoms with van der Waals surface area (Å²) in [5, 5.41) is 11.3. The minimum atomic E-state index is -4.33. The normalized spacial score (nSPS) is 12.1. The highest BCUT2D eigenvalue weighted by atomic mass is 32.2. The zero-order valence-electron chi connectivity index (χ0n) is 14.5. The van der Waals surface area contributed by atoms with E-state index >= 15 is 0 Å². The van der Waals surface area contributed by atoms with E-state index in [0.29, 0.717) is 16.5 Å². The molecule has 0 aliphatic carbocycles. The Bertz CT molecular complexity index is 897. The summed E-state index contributed by atoms with van der Waals surface area (Å²) in [5.74, 6) is 1.19. The van der Waals surface area contributed by atoms with Crippen molar-refractivity contribution < 1.29 is 13.2 Å². The Morgan fingerprint density at radius 3 is 2.58 bits per heavy atom. The molecule has 138 valence electrons. The molecule has 0 unspecified atom stereocenters. The highest BCUT2D eigenvalue weighted by Gasteiger charge is 2.30. The molecule has 0 aliphatic heterocycles. The second-order valence-electron chi connectivity index (χ2n) is 6.20. The van der Waals surface area contributed by atoms with Crippen LogP contribution in [0.1, 0.15) is 35.9 Å². The van der Waals surface area contributed by atoms with Crippen LogP contribution in [0.3, 0.4) is 0 Å². The van der Waals surface area contributed by atoms with Crippen LogP contribution in [0.5, 0.6) is 0 Å². The van der Waals surface area contributed by atoms with Crippen molar-refractivity contribution in [2.24, 2.45) is 0 Å². The van der Waals surface area contributed by atoms with Gasteiger partial charge in [0.05, 0.1) is 5.56 Å². The number of benzene rings is 1. The first kappa shape index (κ1) is 19.0. The van der Waals surface area contributed by atoms with Crippen LogP contribution in [0.15, 0.2) is 40.9 Å². The molecule has 0 amide bonds. The molecule has 2 heterocycles. The van der Waals surface area contributed by atoms with Gasteiger partial charge in [0.2, 0.25) is 0 Å². The fourth-order valence-corrected chi connectivity index (χ4v) is 4.28. The molecule has 3 nitrogen and oxygen atoms in total. The molecule has 0 bridgehead atoms. The summed E-state index contributed by atoms with van der Waals surface area (Å²) in [7, 11) is 0. The van der Waals surface area contributed by atoms with E-state index in [4.69, 9.17) is 0 Å². The first-order valence-corrected chi connectivity index (χ1v) is 9.91. The van der Waals surface area contributed by atoms with E-state index in [-0.39, 0.29) is 6.04 Å². The third-order valence-electron chi connectivity index (χ3n) is 3.79. The van der Waals surface area contributed by atoms with Crippen LogP contribution in [-0.4, -0.2) is 14.8 Å². The molecule has 26 heavy (non-hydrogen) atoms. The van der Waals surface area contributed by atoms with Gasteiger partial charge < -0.3 is 0 Å². The molecule has 0 radical (unpaired) electrons. The van der Waals surface area contributed by atoms with Gasteiger partial charge in [-0.3, -0.25) is 4.57 Å². The molecule has 0 fully saturated rings. The number of halogens is 3. The molecule has 0 spiro atoms. The molecule has 0 atom stereocenters. The van der Waals surface area contributed by atoms with Gasteiger partial charge in [0.1, 0.15) is 0 Å². The fourth-order valence-electron chi connectivity index (χ4n) is 2.58. The maximum atomic E-state index is 12.9. The van der Waals surface area contributed by atoms with E-state index in [1.807, 2.05) is 30.7 Å². The number of rotatable bonds is 5. The smallest absolute Gasteiger partial charge is 0.299 e. The summed E-state index contributed by atoms with van der Waals surface area (Å²) < 4.78 is 40.6. The predicted molar refractivity (Wildman–Crippen MR) is 99.5 cm³/mol. The van der Waals surface area contributed by atoms with Crippen molar-refractivity contribution >= 4 is 23.1 Å². The van der Waals surface area contributed by atoms with Crippen molar-refractivity contribution in [2.75, 3.05) is 0 Å². The quantitative estimate of drug-likeness (QED) is 0.480. The number of aryl methyl sites for hydroxylation is 1. The van der Waals surface area contributed by atoms with Crippen molar-refractivity contribution in [1.29, 1.82) is 0 Å². The van der Waals surface area contributed by atoms with Crippen LogP contribution in [0.4, 0.5) is 13.2 Å². The number of hydrogen-bond donors (Lipinski definition) is 0. The molecule has 1 aromatic carbocycles. The molecule has 0 N–H and O–H groups in total. The van der Waals surface area contributed by atoms with E-state index < -0.39 is 11.7 Å². The monoisotopic (exact) mass is 397 g/mol. The number of alkyl halides is 3. The average molecular weight is 397 g/mol. The minimum Gasteiger partial charge on any atom is -0.299 e. The number of hydrogen-bond acceptors (Lipinski definition) is 4. The predicted octanol–water partition coefficient (Wildman–Crippen LogP) is 6.21. The number of thiophene rings is 1. The molecule has 3 aromatic rings. The third kappa shape index (κ3) is 4.12. The summed E-state index contributed by atoms with van der Waals surface area (Å²) >= 11 is 3.04. The van der Waals surface area contributed by atoms with Gasteiger partial charge in [0.25, 0.3) is 0 Å². The Balaban J connectivity index is 1.84. The number of aromatic nitrogens is 3. The lowest BCUT2D eigenvalue weighted by Gasteiger charge is -2.13. The molecular weight excluding hydrogens is 379 g/mol. The van der Waals surface area contributed by atoms with E-state index in [1.165, 1.54) is 28.8 Å². The van der Waals surface area contributed by atoms with Gasteiger partial charge in [-0.25, -0.2) is 0 Å². The van der Waals surface area contributed by atoms with Crippen molar-refractivity contribution in [2.45, 2.75) is 43.9 Å². The van der Waals surface area contributed by atoms with Gasteiger partial charge >= 0.3 is 6.18 Å². The molecule has 0 aliphatic rings. The molecule has 8 heteroatoms. The highest BCUT2D eigenvalue weighted by molar-refractivity contribution is 7.98. The largest absolute Gasteiger partial charge is 0.416 e. The number of nitrogens with zero attached hydrogens (tertiary/aromatic N) is 3. The van der Waals surface area contributed by atoms with Crippen molar-refractivity contribution in [3.05, 3.63) is 51.7 Å². The summed E-state index contributed by atoms with van der Waals surface area (Å²) in [6.45, 7) is 6.12. The maximum absolute atomic E-state index is 12.9. The summed E-state index contributed by atoms with van der Waals surface area (Å²) in [6.07, 6.45) is -4.33. The van der Waals surface area contributed by atoms with Crippen LogP contribution in [0, 0.1) is 6.92 Å². The molecular formula is C18H18F3N3S2. The molecule has 2 aromatic heterocycles. The highest BCUT2D eigenvalue weighted by Crippen LogP contribution is 2.33. The lowest BCUT2D eigenvalue weighted by Crippen LogP contribution is -2.06. The van der Waals surface area contributed by atoms with Crippen molar-refractivity contribution in [3.8, 4) is 11.4 Å². The van der Waals surface area contributed by atoms with Gasteiger partial charge in [0, 0.05) is 27.6 Å². The Kier molecular flexibility index (Phi) is 5.43. The van der Waals surface area contributed by atoms with Crippen LogP contribution in [0.2, 0.25) is 0 Å². The first-order valence-electron chi connectivity index (χ1n) is 8.05. The Labute approximate surface area is 158 Å².